The average molecular weight is 467 g/mol. The molecule has 0 aliphatic carbocycles. The van der Waals surface area contributed by atoms with E-state index < -0.39 is 0 Å². The SMILES string of the molecule is C=C(/C(F)=C\C(=C/C)c1ccc2c(CCCC)c(CC)[nH]c2c1)N1CCC(CC=O)CC1.CC. The van der Waals surface area contributed by atoms with E-state index >= 15 is 4.39 Å². The Bertz CT molecular complexity index is 1010. The number of carbonyl (C=O) groups excluding carboxylic acids is 1. The van der Waals surface area contributed by atoms with Crippen LogP contribution in [0.4, 0.5) is 4.39 Å². The fourth-order valence-corrected chi connectivity index (χ4v) is 4.71. The highest BCUT2D eigenvalue weighted by atomic mass is 19.1. The number of unbranched alkanes of at least 4 members (excludes halogenated alkanes) is 1. The number of halogens is 1. The van der Waals surface area contributed by atoms with Gasteiger partial charge in [-0.2, -0.15) is 0 Å². The summed E-state index contributed by atoms with van der Waals surface area (Å²) in [4.78, 5) is 16.3. The zero-order valence-electron chi connectivity index (χ0n) is 21.8. The van der Waals surface area contributed by atoms with E-state index in [0.717, 1.165) is 61.7 Å². The molecule has 3 nitrogen and oxygen atoms in total. The third kappa shape index (κ3) is 6.71. The highest BCUT2D eigenvalue weighted by molar-refractivity contribution is 5.89. The number of fused-ring (bicyclic) bond motifs is 1. The average Bonchev–Trinajstić information content (AvgIpc) is 3.24. The summed E-state index contributed by atoms with van der Waals surface area (Å²) in [6.45, 7) is 15.9. The number of aromatic amines is 1. The Balaban J connectivity index is 0.00000199. The number of allylic oxidation sites excluding steroid dienone is 4. The molecule has 2 aromatic rings. The fraction of sp³-hybridized carbons (Fsp3) is 0.500. The molecule has 3 rings (SSSR count). The van der Waals surface area contributed by atoms with Crippen molar-refractivity contribution in [3.05, 3.63) is 65.3 Å². The Hall–Kier alpha value is -2.62. The number of likely N-dealkylation sites (tertiary alicyclic amines) is 1. The topological polar surface area (TPSA) is 36.1 Å². The quantitative estimate of drug-likeness (QED) is 0.283. The van der Waals surface area contributed by atoms with E-state index in [1.807, 2.05) is 31.7 Å². The van der Waals surface area contributed by atoms with E-state index in [1.54, 1.807) is 6.08 Å². The summed E-state index contributed by atoms with van der Waals surface area (Å²) in [5.74, 6) is 0.119. The van der Waals surface area contributed by atoms with Gasteiger partial charge in [-0.3, -0.25) is 0 Å². The van der Waals surface area contributed by atoms with Crippen molar-refractivity contribution < 1.29 is 9.18 Å². The molecule has 34 heavy (non-hydrogen) atoms. The zero-order chi connectivity index (χ0) is 25.1. The highest BCUT2D eigenvalue weighted by Gasteiger charge is 2.21. The molecule has 1 N–H and O–H groups in total. The van der Waals surface area contributed by atoms with Crippen molar-refractivity contribution in [3.63, 3.8) is 0 Å². The standard InChI is InChI=1S/C28H37FN2O.C2H6/c1-5-8-9-24-25-11-10-23(19-28(25)30-27(24)7-3)22(6-2)18-26(29)20(4)31-15-12-21(13-16-31)14-17-32;1-2/h6,10-11,17-19,21,30H,4-5,7-9,12-16H2,1-3H3;1-2H3/b22-6+,26-18+;. The molecule has 186 valence electrons. The molecule has 1 aromatic heterocycles. The molecule has 1 aromatic carbocycles. The summed E-state index contributed by atoms with van der Waals surface area (Å²) >= 11 is 0. The summed E-state index contributed by atoms with van der Waals surface area (Å²) in [6.07, 6.45) is 11.4. The fourth-order valence-electron chi connectivity index (χ4n) is 4.71. The largest absolute Gasteiger partial charge is 0.370 e. The van der Waals surface area contributed by atoms with Gasteiger partial charge < -0.3 is 14.7 Å². The number of hydrogen-bond acceptors (Lipinski definition) is 2. The molecule has 0 radical (unpaired) electrons. The van der Waals surface area contributed by atoms with Crippen LogP contribution in [-0.2, 0) is 17.6 Å². The molecule has 0 spiro atoms. The number of aldehydes is 1. The minimum Gasteiger partial charge on any atom is -0.370 e. The minimum atomic E-state index is -0.295. The number of nitrogens with one attached hydrogen (secondary N) is 1. The summed E-state index contributed by atoms with van der Waals surface area (Å²) in [7, 11) is 0. The van der Waals surface area contributed by atoms with E-state index in [9.17, 15) is 4.79 Å². The van der Waals surface area contributed by atoms with Gasteiger partial charge in [-0.1, -0.05) is 58.9 Å². The van der Waals surface area contributed by atoms with Gasteiger partial charge in [0.1, 0.15) is 12.1 Å². The number of rotatable bonds is 10. The van der Waals surface area contributed by atoms with E-state index in [1.165, 1.54) is 29.5 Å². The Kier molecular flexibility index (Phi) is 11.3. The second-order valence-electron chi connectivity index (χ2n) is 8.82. The molecule has 1 saturated heterocycles. The second kappa shape index (κ2) is 13.9. The molecule has 1 fully saturated rings. The Labute approximate surface area is 205 Å². The van der Waals surface area contributed by atoms with Crippen LogP contribution in [-0.4, -0.2) is 29.3 Å². The molecule has 0 saturated carbocycles. The normalized spacial score (nSPS) is 15.3. The van der Waals surface area contributed by atoms with E-state index in [2.05, 4.69) is 43.6 Å². The maximum Gasteiger partial charge on any atom is 0.146 e. The highest BCUT2D eigenvalue weighted by Crippen LogP contribution is 2.30. The summed E-state index contributed by atoms with van der Waals surface area (Å²) in [5.41, 5.74) is 6.13. The maximum atomic E-state index is 15.1. The lowest BCUT2D eigenvalue weighted by molar-refractivity contribution is -0.108. The van der Waals surface area contributed by atoms with Crippen molar-refractivity contribution in [3.8, 4) is 0 Å². The molecule has 1 aliphatic rings. The third-order valence-electron chi connectivity index (χ3n) is 6.76. The third-order valence-corrected chi connectivity index (χ3v) is 6.76. The maximum absolute atomic E-state index is 15.1. The number of aromatic nitrogens is 1. The molecule has 4 heteroatoms. The predicted molar refractivity (Wildman–Crippen MR) is 145 cm³/mol. The van der Waals surface area contributed by atoms with Crippen LogP contribution in [0.2, 0.25) is 0 Å². The van der Waals surface area contributed by atoms with Crippen molar-refractivity contribution in [2.75, 3.05) is 13.1 Å². The summed E-state index contributed by atoms with van der Waals surface area (Å²) < 4.78 is 15.1. The molecule has 0 amide bonds. The Morgan fingerprint density at radius 2 is 1.94 bits per heavy atom. The Morgan fingerprint density at radius 3 is 2.53 bits per heavy atom. The van der Waals surface area contributed by atoms with E-state index in [-0.39, 0.29) is 5.83 Å². The number of nitrogens with zero attached hydrogens (tertiary/aromatic N) is 1. The van der Waals surface area contributed by atoms with Gasteiger partial charge in [0, 0.05) is 36.1 Å². The predicted octanol–water partition coefficient (Wildman–Crippen LogP) is 8.17. The van der Waals surface area contributed by atoms with Crippen LogP contribution in [0.25, 0.3) is 16.5 Å². The number of carbonyl (C=O) groups is 1. The van der Waals surface area contributed by atoms with Gasteiger partial charge in [-0.15, -0.1) is 0 Å². The molecule has 0 unspecified atom stereocenters. The first-order valence-electron chi connectivity index (χ1n) is 13.1. The van der Waals surface area contributed by atoms with Crippen LogP contribution in [0.3, 0.4) is 0 Å². The number of hydrogen-bond donors (Lipinski definition) is 1. The van der Waals surface area contributed by atoms with Crippen molar-refractivity contribution in [2.24, 2.45) is 5.92 Å². The van der Waals surface area contributed by atoms with Crippen LogP contribution in [0.5, 0.6) is 0 Å². The first-order chi connectivity index (χ1) is 16.5. The van der Waals surface area contributed by atoms with E-state index in [4.69, 9.17) is 0 Å². The number of aryl methyl sites for hydroxylation is 2. The zero-order valence-corrected chi connectivity index (χ0v) is 21.8. The molecule has 0 atom stereocenters. The monoisotopic (exact) mass is 466 g/mol. The van der Waals surface area contributed by atoms with Gasteiger partial charge in [0.2, 0.25) is 0 Å². The smallest absolute Gasteiger partial charge is 0.146 e. The van der Waals surface area contributed by atoms with Gasteiger partial charge in [0.15, 0.2) is 0 Å². The van der Waals surface area contributed by atoms with E-state index in [0.29, 0.717) is 18.0 Å². The van der Waals surface area contributed by atoms with Crippen LogP contribution in [0, 0.1) is 5.92 Å². The van der Waals surface area contributed by atoms with Crippen molar-refractivity contribution in [2.45, 2.75) is 79.6 Å². The first kappa shape index (κ1) is 27.6. The van der Waals surface area contributed by atoms with Crippen LogP contribution in [0.15, 0.2) is 48.5 Å². The number of benzene rings is 1. The summed E-state index contributed by atoms with van der Waals surface area (Å²) in [5, 5.41) is 1.28. The molecule has 1 aliphatic heterocycles. The van der Waals surface area contributed by atoms with Gasteiger partial charge in [-0.05, 0) is 73.8 Å². The molecule has 2 heterocycles. The van der Waals surface area contributed by atoms with Gasteiger partial charge in [0.25, 0.3) is 0 Å². The number of piperidine rings is 1. The number of H-pyrrole nitrogens is 1. The lowest BCUT2D eigenvalue weighted by Crippen LogP contribution is -2.33. The first-order valence-corrected chi connectivity index (χ1v) is 13.1. The van der Waals surface area contributed by atoms with Crippen LogP contribution < -0.4 is 0 Å². The van der Waals surface area contributed by atoms with Crippen molar-refractivity contribution >= 4 is 22.8 Å². The molecular formula is C30H43FN2O. The van der Waals surface area contributed by atoms with Gasteiger partial charge >= 0.3 is 0 Å². The summed E-state index contributed by atoms with van der Waals surface area (Å²) in [6, 6.07) is 6.40. The molecule has 0 bridgehead atoms. The molecular weight excluding hydrogens is 423 g/mol. The van der Waals surface area contributed by atoms with Gasteiger partial charge in [0.05, 0.1) is 5.70 Å². The van der Waals surface area contributed by atoms with Crippen LogP contribution >= 0.6 is 0 Å². The van der Waals surface area contributed by atoms with Crippen molar-refractivity contribution in [1.29, 1.82) is 0 Å². The lowest BCUT2D eigenvalue weighted by atomic mass is 9.94. The lowest BCUT2D eigenvalue weighted by Gasteiger charge is -2.33. The Morgan fingerprint density at radius 1 is 1.24 bits per heavy atom. The van der Waals surface area contributed by atoms with Crippen molar-refractivity contribution in [1.82, 2.24) is 9.88 Å². The van der Waals surface area contributed by atoms with Crippen LogP contribution in [0.1, 0.15) is 83.5 Å². The second-order valence-corrected chi connectivity index (χ2v) is 8.82. The van der Waals surface area contributed by atoms with Gasteiger partial charge in [-0.25, -0.2) is 4.39 Å². The minimum absolute atomic E-state index is 0.295.